The van der Waals surface area contributed by atoms with Crippen LogP contribution in [0.2, 0.25) is 0 Å². The van der Waals surface area contributed by atoms with Crippen molar-refractivity contribution in [2.24, 2.45) is 0 Å². The van der Waals surface area contributed by atoms with Crippen molar-refractivity contribution in [3.63, 3.8) is 0 Å². The largest absolute Gasteiger partial charge is 0.309 e. The number of nitrogens with one attached hydrogen (secondary N) is 1. The summed E-state index contributed by atoms with van der Waals surface area (Å²) in [5, 5.41) is 4.55. The van der Waals surface area contributed by atoms with Crippen LogP contribution in [0.3, 0.4) is 0 Å². The van der Waals surface area contributed by atoms with Gasteiger partial charge in [0, 0.05) is 16.1 Å². The minimum Gasteiger partial charge on any atom is -0.309 e. The molecule has 0 bridgehead atoms. The lowest BCUT2D eigenvalue weighted by molar-refractivity contribution is 0.692. The third-order valence-electron chi connectivity index (χ3n) is 3.43. The molecule has 0 spiro atoms. The van der Waals surface area contributed by atoms with Crippen LogP contribution in [0.4, 0.5) is 0 Å². The highest BCUT2D eigenvalue weighted by Crippen LogP contribution is 2.26. The van der Waals surface area contributed by atoms with E-state index in [1.807, 2.05) is 25.4 Å². The van der Waals surface area contributed by atoms with E-state index in [-0.39, 0.29) is 6.04 Å². The van der Waals surface area contributed by atoms with Crippen molar-refractivity contribution >= 4 is 26.8 Å². The maximum Gasteiger partial charge on any atom is 0.0702 e. The smallest absolute Gasteiger partial charge is 0.0702 e. The van der Waals surface area contributed by atoms with Crippen LogP contribution in [0.25, 0.3) is 10.9 Å². The fourth-order valence-corrected chi connectivity index (χ4v) is 2.90. The van der Waals surface area contributed by atoms with E-state index in [0.29, 0.717) is 0 Å². The number of aromatic nitrogens is 1. The van der Waals surface area contributed by atoms with Gasteiger partial charge in [-0.25, -0.2) is 0 Å². The monoisotopic (exact) mass is 326 g/mol. The molecule has 0 aliphatic rings. The molecule has 1 atom stereocenters. The summed E-state index contributed by atoms with van der Waals surface area (Å²) < 4.78 is 1.10. The number of nitrogens with zero attached hydrogens (tertiary/aromatic N) is 1. The summed E-state index contributed by atoms with van der Waals surface area (Å²) in [6, 6.07) is 19.0. The Balaban J connectivity index is 2.07. The molecule has 1 unspecified atom stereocenters. The fraction of sp³-hybridized carbons (Fsp3) is 0.118. The van der Waals surface area contributed by atoms with Crippen LogP contribution in [0, 0.1) is 0 Å². The summed E-state index contributed by atoms with van der Waals surface area (Å²) in [5.41, 5.74) is 3.51. The van der Waals surface area contributed by atoms with Gasteiger partial charge in [0.05, 0.1) is 11.6 Å². The van der Waals surface area contributed by atoms with Gasteiger partial charge in [-0.05, 0) is 48.5 Å². The fourth-order valence-electron chi connectivity index (χ4n) is 2.49. The van der Waals surface area contributed by atoms with Crippen molar-refractivity contribution in [1.29, 1.82) is 0 Å². The zero-order chi connectivity index (χ0) is 13.9. The predicted molar refractivity (Wildman–Crippen MR) is 86.8 cm³/mol. The molecule has 0 amide bonds. The molecule has 1 heterocycles. The van der Waals surface area contributed by atoms with E-state index in [1.165, 1.54) is 16.5 Å². The molecular formula is C17H15BrN2. The summed E-state index contributed by atoms with van der Waals surface area (Å²) in [4.78, 5) is 4.37. The van der Waals surface area contributed by atoms with Gasteiger partial charge in [-0.3, -0.25) is 4.98 Å². The third-order valence-corrected chi connectivity index (χ3v) is 3.92. The second kappa shape index (κ2) is 5.73. The molecule has 3 heteroatoms. The number of hydrogen-bond acceptors (Lipinski definition) is 2. The number of benzene rings is 2. The zero-order valence-electron chi connectivity index (χ0n) is 11.2. The van der Waals surface area contributed by atoms with Gasteiger partial charge in [-0.15, -0.1) is 0 Å². The molecule has 0 aliphatic heterocycles. The van der Waals surface area contributed by atoms with Crippen LogP contribution in [0.1, 0.15) is 17.2 Å². The Morgan fingerprint density at radius 2 is 1.85 bits per heavy atom. The van der Waals surface area contributed by atoms with Gasteiger partial charge in [-0.1, -0.05) is 40.2 Å². The van der Waals surface area contributed by atoms with Crippen LogP contribution < -0.4 is 5.32 Å². The molecule has 3 aromatic rings. The second-order valence-electron chi connectivity index (χ2n) is 4.73. The van der Waals surface area contributed by atoms with Crippen LogP contribution in [0.15, 0.2) is 65.3 Å². The maximum atomic E-state index is 4.37. The lowest BCUT2D eigenvalue weighted by Gasteiger charge is -2.18. The van der Waals surface area contributed by atoms with Crippen molar-refractivity contribution in [3.05, 3.63) is 76.4 Å². The number of halogens is 1. The van der Waals surface area contributed by atoms with Crippen molar-refractivity contribution < 1.29 is 0 Å². The van der Waals surface area contributed by atoms with Crippen molar-refractivity contribution in [2.75, 3.05) is 7.05 Å². The van der Waals surface area contributed by atoms with E-state index in [2.05, 4.69) is 68.7 Å². The van der Waals surface area contributed by atoms with E-state index >= 15 is 0 Å². The van der Waals surface area contributed by atoms with Gasteiger partial charge in [0.15, 0.2) is 0 Å². The third kappa shape index (κ3) is 2.60. The lowest BCUT2D eigenvalue weighted by Crippen LogP contribution is -2.17. The molecule has 1 N–H and O–H groups in total. The molecule has 1 aromatic heterocycles. The van der Waals surface area contributed by atoms with Crippen molar-refractivity contribution in [2.45, 2.75) is 6.04 Å². The average molecular weight is 327 g/mol. The van der Waals surface area contributed by atoms with Crippen LogP contribution in [0.5, 0.6) is 0 Å². The summed E-state index contributed by atoms with van der Waals surface area (Å²) in [6.07, 6.45) is 1.83. The second-order valence-corrected chi connectivity index (χ2v) is 5.65. The first-order valence-electron chi connectivity index (χ1n) is 6.55. The Hall–Kier alpha value is -1.71. The molecule has 100 valence electrons. The van der Waals surface area contributed by atoms with E-state index in [0.717, 1.165) is 9.99 Å². The predicted octanol–water partition coefficient (Wildman–Crippen LogP) is 4.31. The first-order valence-corrected chi connectivity index (χ1v) is 7.34. The minimum absolute atomic E-state index is 0.178. The molecule has 20 heavy (non-hydrogen) atoms. The first kappa shape index (κ1) is 13.3. The van der Waals surface area contributed by atoms with Gasteiger partial charge in [-0.2, -0.15) is 0 Å². The molecule has 0 saturated carbocycles. The average Bonchev–Trinajstić information content (AvgIpc) is 2.48. The van der Waals surface area contributed by atoms with Crippen LogP contribution in [-0.4, -0.2) is 12.0 Å². The Labute approximate surface area is 127 Å². The minimum atomic E-state index is 0.178. The van der Waals surface area contributed by atoms with Gasteiger partial charge in [0.25, 0.3) is 0 Å². The summed E-state index contributed by atoms with van der Waals surface area (Å²) in [5.74, 6) is 0. The highest BCUT2D eigenvalue weighted by molar-refractivity contribution is 9.10. The van der Waals surface area contributed by atoms with Crippen molar-refractivity contribution in [1.82, 2.24) is 10.3 Å². The quantitative estimate of drug-likeness (QED) is 0.775. The Morgan fingerprint density at radius 1 is 1.00 bits per heavy atom. The Kier molecular flexibility index (Phi) is 3.81. The molecular weight excluding hydrogens is 312 g/mol. The number of fused-ring (bicyclic) bond motifs is 1. The highest BCUT2D eigenvalue weighted by atomic mass is 79.9. The van der Waals surface area contributed by atoms with Gasteiger partial charge < -0.3 is 5.32 Å². The molecule has 2 aromatic carbocycles. The number of rotatable bonds is 3. The van der Waals surface area contributed by atoms with Crippen LogP contribution in [-0.2, 0) is 0 Å². The summed E-state index contributed by atoms with van der Waals surface area (Å²) >= 11 is 3.53. The number of pyridine rings is 1. The van der Waals surface area contributed by atoms with E-state index < -0.39 is 0 Å². The zero-order valence-corrected chi connectivity index (χ0v) is 12.8. The highest BCUT2D eigenvalue weighted by Gasteiger charge is 2.12. The topological polar surface area (TPSA) is 24.9 Å². The summed E-state index contributed by atoms with van der Waals surface area (Å²) in [7, 11) is 1.99. The van der Waals surface area contributed by atoms with Gasteiger partial charge in [0.1, 0.15) is 0 Å². The molecule has 3 rings (SSSR count). The molecule has 2 nitrogen and oxygen atoms in total. The molecule has 0 saturated heterocycles. The Morgan fingerprint density at radius 3 is 2.65 bits per heavy atom. The van der Waals surface area contributed by atoms with Crippen LogP contribution >= 0.6 is 15.9 Å². The SMILES string of the molecule is CNC(c1cccc(Br)c1)c1ccc2ncccc2c1. The number of hydrogen-bond donors (Lipinski definition) is 1. The van der Waals surface area contributed by atoms with E-state index in [1.54, 1.807) is 0 Å². The summed E-state index contributed by atoms with van der Waals surface area (Å²) in [6.45, 7) is 0. The molecule has 0 aliphatic carbocycles. The Bertz CT molecular complexity index is 740. The first-order chi connectivity index (χ1) is 9.78. The lowest BCUT2D eigenvalue weighted by atomic mass is 9.97. The van der Waals surface area contributed by atoms with Gasteiger partial charge >= 0.3 is 0 Å². The van der Waals surface area contributed by atoms with E-state index in [9.17, 15) is 0 Å². The van der Waals surface area contributed by atoms with E-state index in [4.69, 9.17) is 0 Å². The van der Waals surface area contributed by atoms with Crippen molar-refractivity contribution in [3.8, 4) is 0 Å². The normalized spacial score (nSPS) is 12.5. The molecule has 0 radical (unpaired) electrons. The standard InChI is InChI=1S/C17H15BrN2/c1-19-17(13-4-2-6-15(18)11-13)14-7-8-16-12(10-14)5-3-9-20-16/h2-11,17,19H,1H3. The molecule has 0 fully saturated rings. The van der Waals surface area contributed by atoms with Gasteiger partial charge in [0.2, 0.25) is 0 Å². The maximum absolute atomic E-state index is 4.37.